The van der Waals surface area contributed by atoms with Crippen molar-refractivity contribution in [1.29, 1.82) is 0 Å². The quantitative estimate of drug-likeness (QED) is 0.691. The second-order valence-corrected chi connectivity index (χ2v) is 5.38. The van der Waals surface area contributed by atoms with Gasteiger partial charge in [-0.05, 0) is 45.7 Å². The Morgan fingerprint density at radius 1 is 1.31 bits per heavy atom. The summed E-state index contributed by atoms with van der Waals surface area (Å²) < 4.78 is 0. The molecule has 0 saturated carbocycles. The minimum Gasteiger partial charge on any atom is -0.297 e. The summed E-state index contributed by atoms with van der Waals surface area (Å²) in [6.07, 6.45) is 5.59. The lowest BCUT2D eigenvalue weighted by Gasteiger charge is -2.38. The van der Waals surface area contributed by atoms with Crippen LogP contribution in [0.25, 0.3) is 0 Å². The zero-order valence-electron chi connectivity index (χ0n) is 11.4. The van der Waals surface area contributed by atoms with Crippen molar-refractivity contribution < 1.29 is 4.79 Å². The molecule has 2 heteroatoms. The van der Waals surface area contributed by atoms with Crippen molar-refractivity contribution in [2.45, 2.75) is 65.3 Å². The van der Waals surface area contributed by atoms with Gasteiger partial charge < -0.3 is 0 Å². The maximum Gasteiger partial charge on any atom is 0.155 e. The molecule has 0 amide bonds. The van der Waals surface area contributed by atoms with Crippen LogP contribution in [0.3, 0.4) is 0 Å². The Hall–Kier alpha value is -0.370. The number of rotatable bonds is 6. The average molecular weight is 225 g/mol. The number of likely N-dealkylation sites (tertiary alicyclic amines) is 1. The highest BCUT2D eigenvalue weighted by molar-refractivity contribution is 5.89. The molecule has 0 aliphatic carbocycles. The molecule has 2 atom stereocenters. The number of carbonyl (C=O) groups is 1. The lowest BCUT2D eigenvalue weighted by molar-refractivity contribution is -0.134. The summed E-state index contributed by atoms with van der Waals surface area (Å²) in [7, 11) is 0. The minimum atomic E-state index is -0.203. The number of ketones is 1. The smallest absolute Gasteiger partial charge is 0.155 e. The van der Waals surface area contributed by atoms with E-state index < -0.39 is 0 Å². The zero-order chi connectivity index (χ0) is 12.2. The number of nitrogens with zero attached hydrogens (tertiary/aromatic N) is 1. The lowest BCUT2D eigenvalue weighted by atomic mass is 9.83. The number of hydrogen-bond acceptors (Lipinski definition) is 2. The Morgan fingerprint density at radius 3 is 2.31 bits per heavy atom. The molecule has 0 aromatic rings. The van der Waals surface area contributed by atoms with Crippen LogP contribution in [-0.4, -0.2) is 29.3 Å². The Kier molecular flexibility index (Phi) is 4.97. The minimum absolute atomic E-state index is 0.203. The van der Waals surface area contributed by atoms with Crippen LogP contribution in [0.5, 0.6) is 0 Å². The largest absolute Gasteiger partial charge is 0.297 e. The van der Waals surface area contributed by atoms with Crippen molar-refractivity contribution in [3.05, 3.63) is 0 Å². The van der Waals surface area contributed by atoms with Gasteiger partial charge in [0.25, 0.3) is 0 Å². The van der Waals surface area contributed by atoms with Crippen molar-refractivity contribution in [3.8, 4) is 0 Å². The summed E-state index contributed by atoms with van der Waals surface area (Å²) in [4.78, 5) is 14.9. The first-order valence-corrected chi connectivity index (χ1v) is 6.85. The molecule has 2 unspecified atom stereocenters. The van der Waals surface area contributed by atoms with Gasteiger partial charge in [-0.3, -0.25) is 9.69 Å². The van der Waals surface area contributed by atoms with Crippen molar-refractivity contribution in [2.75, 3.05) is 13.1 Å². The Morgan fingerprint density at radius 2 is 1.88 bits per heavy atom. The van der Waals surface area contributed by atoms with Crippen LogP contribution in [-0.2, 0) is 4.79 Å². The summed E-state index contributed by atoms with van der Waals surface area (Å²) in [6, 6.07) is 0. The maximum atomic E-state index is 12.5. The van der Waals surface area contributed by atoms with Gasteiger partial charge in [0.1, 0.15) is 0 Å². The van der Waals surface area contributed by atoms with Crippen molar-refractivity contribution in [2.24, 2.45) is 5.92 Å². The van der Waals surface area contributed by atoms with Crippen LogP contribution >= 0.6 is 0 Å². The lowest BCUT2D eigenvalue weighted by Crippen LogP contribution is -2.52. The molecule has 0 N–H and O–H groups in total. The molecule has 94 valence electrons. The van der Waals surface area contributed by atoms with Gasteiger partial charge in [0.15, 0.2) is 5.78 Å². The molecule has 1 aliphatic heterocycles. The monoisotopic (exact) mass is 225 g/mol. The molecule has 2 nitrogen and oxygen atoms in total. The molecule has 1 saturated heterocycles. The van der Waals surface area contributed by atoms with Gasteiger partial charge >= 0.3 is 0 Å². The summed E-state index contributed by atoms with van der Waals surface area (Å²) in [5, 5.41) is 0. The highest BCUT2D eigenvalue weighted by Crippen LogP contribution is 2.29. The van der Waals surface area contributed by atoms with Crippen LogP contribution < -0.4 is 0 Å². The molecule has 0 aromatic heterocycles. The molecule has 0 radical (unpaired) electrons. The van der Waals surface area contributed by atoms with Gasteiger partial charge in [0.05, 0.1) is 5.54 Å². The van der Waals surface area contributed by atoms with E-state index in [-0.39, 0.29) is 11.5 Å². The topological polar surface area (TPSA) is 20.3 Å². The average Bonchev–Trinajstić information content (AvgIpc) is 2.81. The van der Waals surface area contributed by atoms with Gasteiger partial charge in [-0.2, -0.15) is 0 Å². The van der Waals surface area contributed by atoms with Crippen LogP contribution in [0.15, 0.2) is 0 Å². The Bertz CT molecular complexity index is 233. The third-order valence-corrected chi connectivity index (χ3v) is 4.19. The van der Waals surface area contributed by atoms with Crippen LogP contribution in [0, 0.1) is 5.92 Å². The summed E-state index contributed by atoms with van der Waals surface area (Å²) in [6.45, 7) is 10.8. The van der Waals surface area contributed by atoms with Crippen LogP contribution in [0.2, 0.25) is 0 Å². The zero-order valence-corrected chi connectivity index (χ0v) is 11.4. The Balaban J connectivity index is 2.73. The van der Waals surface area contributed by atoms with Gasteiger partial charge in [-0.1, -0.05) is 27.2 Å². The van der Waals surface area contributed by atoms with Gasteiger partial charge in [0, 0.05) is 5.92 Å². The molecule has 0 aromatic carbocycles. The number of carbonyl (C=O) groups excluding carboxylic acids is 1. The van der Waals surface area contributed by atoms with Gasteiger partial charge in [-0.25, -0.2) is 0 Å². The predicted octanol–water partition coefficient (Wildman–Crippen LogP) is 3.26. The van der Waals surface area contributed by atoms with E-state index in [0.29, 0.717) is 5.78 Å². The standard InChI is InChI=1S/C14H27NO/c1-5-9-12(3)13(16)14(4,6-2)15-10-7-8-11-15/h12H,5-11H2,1-4H3. The molecule has 1 aliphatic rings. The normalized spacial score (nSPS) is 23.0. The summed E-state index contributed by atoms with van der Waals surface area (Å²) in [5.41, 5.74) is -0.203. The number of Topliss-reactive ketones (excluding diaryl/α,β-unsaturated/α-hetero) is 1. The number of hydrogen-bond donors (Lipinski definition) is 0. The molecule has 0 bridgehead atoms. The molecule has 16 heavy (non-hydrogen) atoms. The molecular formula is C14H27NO. The van der Waals surface area contributed by atoms with Crippen molar-refractivity contribution >= 4 is 5.78 Å². The second-order valence-electron chi connectivity index (χ2n) is 5.38. The fourth-order valence-corrected chi connectivity index (χ4v) is 2.86. The van der Waals surface area contributed by atoms with E-state index in [1.807, 2.05) is 0 Å². The first-order valence-electron chi connectivity index (χ1n) is 6.85. The third-order valence-electron chi connectivity index (χ3n) is 4.19. The highest BCUT2D eigenvalue weighted by atomic mass is 16.1. The molecule has 1 rings (SSSR count). The van der Waals surface area contributed by atoms with E-state index in [2.05, 4.69) is 32.6 Å². The molecule has 1 heterocycles. The second kappa shape index (κ2) is 5.81. The molecular weight excluding hydrogens is 198 g/mol. The van der Waals surface area contributed by atoms with Crippen LogP contribution in [0.4, 0.5) is 0 Å². The first kappa shape index (κ1) is 13.7. The first-order chi connectivity index (χ1) is 7.56. The summed E-state index contributed by atoms with van der Waals surface area (Å²) >= 11 is 0. The third kappa shape index (κ3) is 2.65. The van der Waals surface area contributed by atoms with E-state index in [1.54, 1.807) is 0 Å². The maximum absolute atomic E-state index is 12.5. The highest BCUT2D eigenvalue weighted by Gasteiger charge is 2.40. The predicted molar refractivity (Wildman–Crippen MR) is 68.6 cm³/mol. The molecule has 1 fully saturated rings. The summed E-state index contributed by atoms with van der Waals surface area (Å²) in [5.74, 6) is 0.675. The van der Waals surface area contributed by atoms with Gasteiger partial charge in [-0.15, -0.1) is 0 Å². The van der Waals surface area contributed by atoms with E-state index >= 15 is 0 Å². The van der Waals surface area contributed by atoms with E-state index in [1.165, 1.54) is 12.8 Å². The van der Waals surface area contributed by atoms with E-state index in [4.69, 9.17) is 0 Å². The Labute approximate surface area is 100 Å². The van der Waals surface area contributed by atoms with E-state index in [9.17, 15) is 4.79 Å². The SMILES string of the molecule is CCCC(C)C(=O)C(C)(CC)N1CCCC1. The fourth-order valence-electron chi connectivity index (χ4n) is 2.86. The van der Waals surface area contributed by atoms with Crippen LogP contribution in [0.1, 0.15) is 59.8 Å². The van der Waals surface area contributed by atoms with E-state index in [0.717, 1.165) is 32.4 Å². The van der Waals surface area contributed by atoms with Gasteiger partial charge in [0.2, 0.25) is 0 Å². The fraction of sp³-hybridized carbons (Fsp3) is 0.929. The molecule has 0 spiro atoms. The van der Waals surface area contributed by atoms with Crippen molar-refractivity contribution in [3.63, 3.8) is 0 Å². The van der Waals surface area contributed by atoms with Crippen molar-refractivity contribution in [1.82, 2.24) is 4.90 Å².